The Bertz CT molecular complexity index is 427. The molecule has 0 saturated carbocycles. The molecule has 0 aliphatic carbocycles. The zero-order valence-electron chi connectivity index (χ0n) is 12.6. The van der Waals surface area contributed by atoms with Gasteiger partial charge < -0.3 is 10.6 Å². The molecule has 1 aromatic carbocycles. The van der Waals surface area contributed by atoms with Gasteiger partial charge in [0.2, 0.25) is 5.91 Å². The topological polar surface area (TPSA) is 41.1 Å². The molecule has 0 spiro atoms. The number of carbonyl (C=O) groups excluding carboxylic acids is 1. The molecule has 1 fully saturated rings. The van der Waals surface area contributed by atoms with Crippen LogP contribution in [0.1, 0.15) is 45.1 Å². The fraction of sp³-hybridized carbons (Fsp3) is 0.588. The minimum atomic E-state index is 0.0965. The Morgan fingerprint density at radius 1 is 1.30 bits per heavy atom. The number of hydrogen-bond donors (Lipinski definition) is 2. The number of amides is 1. The fourth-order valence-electron chi connectivity index (χ4n) is 2.79. The van der Waals surface area contributed by atoms with E-state index in [0.29, 0.717) is 0 Å². The van der Waals surface area contributed by atoms with E-state index >= 15 is 0 Å². The maximum absolute atomic E-state index is 12.2. The standard InChI is InChI=1S/C17H26N2O/c1-3-4-5-6-14-7-9-15(10-8-14)19-17(20)16-11-12-18-13(16)2/h7-10,13,16,18H,3-6,11-12H2,1-2H3,(H,19,20). The van der Waals surface area contributed by atoms with Crippen LogP contribution in [-0.2, 0) is 11.2 Å². The Morgan fingerprint density at radius 2 is 2.05 bits per heavy atom. The highest BCUT2D eigenvalue weighted by molar-refractivity contribution is 5.93. The smallest absolute Gasteiger partial charge is 0.229 e. The van der Waals surface area contributed by atoms with Crippen LogP contribution in [0.15, 0.2) is 24.3 Å². The van der Waals surface area contributed by atoms with E-state index in [4.69, 9.17) is 0 Å². The van der Waals surface area contributed by atoms with E-state index in [0.717, 1.165) is 25.1 Å². The fourth-order valence-corrected chi connectivity index (χ4v) is 2.79. The number of nitrogens with one attached hydrogen (secondary N) is 2. The predicted molar refractivity (Wildman–Crippen MR) is 83.9 cm³/mol. The summed E-state index contributed by atoms with van der Waals surface area (Å²) in [5.41, 5.74) is 2.26. The molecule has 0 bridgehead atoms. The van der Waals surface area contributed by atoms with Crippen LogP contribution in [-0.4, -0.2) is 18.5 Å². The molecule has 0 radical (unpaired) electrons. The van der Waals surface area contributed by atoms with Crippen LogP contribution in [0.2, 0.25) is 0 Å². The summed E-state index contributed by atoms with van der Waals surface area (Å²) in [7, 11) is 0. The second-order valence-electron chi connectivity index (χ2n) is 5.78. The molecule has 1 aliphatic rings. The average molecular weight is 274 g/mol. The highest BCUT2D eigenvalue weighted by Crippen LogP contribution is 2.18. The van der Waals surface area contributed by atoms with Gasteiger partial charge in [0.15, 0.2) is 0 Å². The number of unbranched alkanes of at least 4 members (excludes halogenated alkanes) is 2. The molecule has 1 amide bonds. The average Bonchev–Trinajstić information content (AvgIpc) is 2.87. The molecule has 110 valence electrons. The van der Waals surface area contributed by atoms with Crippen molar-refractivity contribution in [2.45, 2.75) is 52.0 Å². The molecule has 1 saturated heterocycles. The molecule has 3 heteroatoms. The van der Waals surface area contributed by atoms with Crippen LogP contribution in [0.4, 0.5) is 5.69 Å². The summed E-state index contributed by atoms with van der Waals surface area (Å²) in [5, 5.41) is 6.34. The lowest BCUT2D eigenvalue weighted by Crippen LogP contribution is -2.32. The van der Waals surface area contributed by atoms with Crippen molar-refractivity contribution >= 4 is 11.6 Å². The highest BCUT2D eigenvalue weighted by atomic mass is 16.1. The Kier molecular flexibility index (Phi) is 5.60. The maximum atomic E-state index is 12.2. The van der Waals surface area contributed by atoms with Gasteiger partial charge in [-0.1, -0.05) is 31.9 Å². The lowest BCUT2D eigenvalue weighted by atomic mass is 10.0. The minimum Gasteiger partial charge on any atom is -0.326 e. The normalized spacial score (nSPS) is 21.9. The van der Waals surface area contributed by atoms with Crippen molar-refractivity contribution in [1.82, 2.24) is 5.32 Å². The van der Waals surface area contributed by atoms with E-state index < -0.39 is 0 Å². The number of anilines is 1. The number of rotatable bonds is 6. The Hall–Kier alpha value is -1.35. The van der Waals surface area contributed by atoms with Crippen molar-refractivity contribution < 1.29 is 4.79 Å². The third-order valence-electron chi connectivity index (χ3n) is 4.15. The third-order valence-corrected chi connectivity index (χ3v) is 4.15. The van der Waals surface area contributed by atoms with Crippen LogP contribution in [0.5, 0.6) is 0 Å². The van der Waals surface area contributed by atoms with Gasteiger partial charge in [-0.15, -0.1) is 0 Å². The predicted octanol–water partition coefficient (Wildman–Crippen LogP) is 3.36. The van der Waals surface area contributed by atoms with Crippen molar-refractivity contribution in [3.63, 3.8) is 0 Å². The van der Waals surface area contributed by atoms with Gasteiger partial charge in [-0.05, 0) is 50.4 Å². The number of carbonyl (C=O) groups is 1. The monoisotopic (exact) mass is 274 g/mol. The molecule has 2 N–H and O–H groups in total. The third kappa shape index (κ3) is 4.07. The molecule has 2 unspecified atom stereocenters. The Morgan fingerprint density at radius 3 is 2.65 bits per heavy atom. The molecule has 2 atom stereocenters. The van der Waals surface area contributed by atoms with E-state index in [-0.39, 0.29) is 17.9 Å². The summed E-state index contributed by atoms with van der Waals surface area (Å²) in [6.07, 6.45) is 5.84. The molecule has 2 rings (SSSR count). The molecular weight excluding hydrogens is 248 g/mol. The first-order valence-electron chi connectivity index (χ1n) is 7.84. The van der Waals surface area contributed by atoms with Gasteiger partial charge in [-0.3, -0.25) is 4.79 Å². The van der Waals surface area contributed by atoms with Crippen molar-refractivity contribution in [3.8, 4) is 0 Å². The first-order valence-corrected chi connectivity index (χ1v) is 7.84. The molecule has 3 nitrogen and oxygen atoms in total. The minimum absolute atomic E-state index is 0.0965. The second-order valence-corrected chi connectivity index (χ2v) is 5.78. The Balaban J connectivity index is 1.85. The lowest BCUT2D eigenvalue weighted by molar-refractivity contribution is -0.119. The summed E-state index contributed by atoms with van der Waals surface area (Å²) in [4.78, 5) is 12.2. The zero-order chi connectivity index (χ0) is 14.4. The van der Waals surface area contributed by atoms with E-state index in [2.05, 4.69) is 36.6 Å². The van der Waals surface area contributed by atoms with Gasteiger partial charge in [0.1, 0.15) is 0 Å². The van der Waals surface area contributed by atoms with E-state index in [1.807, 2.05) is 12.1 Å². The molecule has 1 aromatic rings. The second kappa shape index (κ2) is 7.44. The zero-order valence-corrected chi connectivity index (χ0v) is 12.6. The Labute approximate surface area is 122 Å². The summed E-state index contributed by atoms with van der Waals surface area (Å²) < 4.78 is 0. The summed E-state index contributed by atoms with van der Waals surface area (Å²) in [6, 6.07) is 8.57. The molecule has 1 aliphatic heterocycles. The van der Waals surface area contributed by atoms with E-state index in [1.54, 1.807) is 0 Å². The lowest BCUT2D eigenvalue weighted by Gasteiger charge is -2.15. The van der Waals surface area contributed by atoms with E-state index in [9.17, 15) is 4.79 Å². The first kappa shape index (κ1) is 15.0. The van der Waals surface area contributed by atoms with Gasteiger partial charge >= 0.3 is 0 Å². The van der Waals surface area contributed by atoms with Crippen LogP contribution >= 0.6 is 0 Å². The van der Waals surface area contributed by atoms with Crippen LogP contribution in [0.3, 0.4) is 0 Å². The van der Waals surface area contributed by atoms with Crippen LogP contribution in [0.25, 0.3) is 0 Å². The molecular formula is C17H26N2O. The summed E-state index contributed by atoms with van der Waals surface area (Å²) in [5.74, 6) is 0.237. The summed E-state index contributed by atoms with van der Waals surface area (Å²) in [6.45, 7) is 5.24. The number of hydrogen-bond acceptors (Lipinski definition) is 2. The van der Waals surface area contributed by atoms with E-state index in [1.165, 1.54) is 24.8 Å². The largest absolute Gasteiger partial charge is 0.326 e. The molecule has 0 aromatic heterocycles. The maximum Gasteiger partial charge on any atom is 0.229 e. The quantitative estimate of drug-likeness (QED) is 0.781. The SMILES string of the molecule is CCCCCc1ccc(NC(=O)C2CCNC2C)cc1. The number of aryl methyl sites for hydroxylation is 1. The van der Waals surface area contributed by atoms with Crippen molar-refractivity contribution in [1.29, 1.82) is 0 Å². The highest BCUT2D eigenvalue weighted by Gasteiger charge is 2.29. The van der Waals surface area contributed by atoms with Gasteiger partial charge in [0.25, 0.3) is 0 Å². The van der Waals surface area contributed by atoms with Gasteiger partial charge in [0, 0.05) is 11.7 Å². The summed E-state index contributed by atoms with van der Waals surface area (Å²) >= 11 is 0. The van der Waals surface area contributed by atoms with Gasteiger partial charge in [-0.25, -0.2) is 0 Å². The van der Waals surface area contributed by atoms with Crippen molar-refractivity contribution in [3.05, 3.63) is 29.8 Å². The van der Waals surface area contributed by atoms with Crippen LogP contribution in [0, 0.1) is 5.92 Å². The van der Waals surface area contributed by atoms with Crippen molar-refractivity contribution in [2.75, 3.05) is 11.9 Å². The number of benzene rings is 1. The molecule has 20 heavy (non-hydrogen) atoms. The molecule has 1 heterocycles. The van der Waals surface area contributed by atoms with Gasteiger partial charge in [0.05, 0.1) is 5.92 Å². The van der Waals surface area contributed by atoms with Gasteiger partial charge in [-0.2, -0.15) is 0 Å². The van der Waals surface area contributed by atoms with Crippen LogP contribution < -0.4 is 10.6 Å². The van der Waals surface area contributed by atoms with Crippen molar-refractivity contribution in [2.24, 2.45) is 5.92 Å². The first-order chi connectivity index (χ1) is 9.70.